The molecule has 2 aromatic rings. The molecule has 22 heavy (non-hydrogen) atoms. The van der Waals surface area contributed by atoms with Crippen LogP contribution >= 0.6 is 0 Å². The smallest absolute Gasteiger partial charge is 0.306 e. The number of benzene rings is 1. The van der Waals surface area contributed by atoms with Gasteiger partial charge in [0.2, 0.25) is 0 Å². The summed E-state index contributed by atoms with van der Waals surface area (Å²) in [5.41, 5.74) is 1.75. The van der Waals surface area contributed by atoms with E-state index in [1.165, 1.54) is 11.1 Å². The normalized spacial score (nSPS) is 14.1. The van der Waals surface area contributed by atoms with Crippen molar-refractivity contribution in [3.8, 4) is 6.07 Å². The lowest BCUT2D eigenvalue weighted by molar-refractivity contribution is 0.163. The lowest BCUT2D eigenvalue weighted by atomic mass is 10.0. The summed E-state index contributed by atoms with van der Waals surface area (Å²) in [5.74, 6) is 0.545. The Kier molecular flexibility index (Phi) is 3.55. The van der Waals surface area contributed by atoms with Gasteiger partial charge in [-0.15, -0.1) is 4.73 Å². The van der Waals surface area contributed by atoms with Gasteiger partial charge in [-0.25, -0.2) is 4.98 Å². The molecule has 6 heteroatoms. The van der Waals surface area contributed by atoms with Crippen LogP contribution in [0, 0.1) is 18.3 Å². The van der Waals surface area contributed by atoms with Gasteiger partial charge in [-0.2, -0.15) is 5.26 Å². The summed E-state index contributed by atoms with van der Waals surface area (Å²) < 4.78 is 0.425. The van der Waals surface area contributed by atoms with Crippen LogP contribution in [-0.2, 0) is 12.8 Å². The van der Waals surface area contributed by atoms with E-state index in [0.717, 1.165) is 12.8 Å². The Balaban J connectivity index is 2.00. The molecule has 0 fully saturated rings. The fourth-order valence-electron chi connectivity index (χ4n) is 2.81. The van der Waals surface area contributed by atoms with Gasteiger partial charge in [0.1, 0.15) is 11.9 Å². The molecular weight excluding hydrogens is 280 g/mol. The minimum Gasteiger partial charge on any atom is -0.424 e. The van der Waals surface area contributed by atoms with Crippen molar-refractivity contribution in [3.05, 3.63) is 57.1 Å². The minimum atomic E-state index is -0.716. The SMILES string of the molecule is Cc1nc(N2CCc3ccccc3CC2)c(C#N)c(=O)n1O. The molecule has 1 aromatic carbocycles. The third-order valence-corrected chi connectivity index (χ3v) is 4.04. The van der Waals surface area contributed by atoms with Gasteiger partial charge in [-0.1, -0.05) is 24.3 Å². The zero-order valence-electron chi connectivity index (χ0n) is 12.3. The molecule has 0 atom stereocenters. The molecule has 0 bridgehead atoms. The molecule has 6 nitrogen and oxygen atoms in total. The van der Waals surface area contributed by atoms with Crippen LogP contribution in [0.1, 0.15) is 22.5 Å². The van der Waals surface area contributed by atoms with Gasteiger partial charge in [0.05, 0.1) is 0 Å². The first-order valence-electron chi connectivity index (χ1n) is 7.16. The summed E-state index contributed by atoms with van der Waals surface area (Å²) in [6.45, 7) is 2.92. The summed E-state index contributed by atoms with van der Waals surface area (Å²) in [7, 11) is 0. The molecule has 1 aliphatic rings. The van der Waals surface area contributed by atoms with E-state index in [1.807, 2.05) is 23.1 Å². The standard InChI is InChI=1S/C16H16N4O2/c1-11-18-15(14(10-17)16(21)20(11)22)19-8-6-12-4-2-3-5-13(12)7-9-19/h2-5,22H,6-9H2,1H3. The molecule has 0 aliphatic carbocycles. The fraction of sp³-hybridized carbons (Fsp3) is 0.312. The van der Waals surface area contributed by atoms with Crippen LogP contribution in [0.15, 0.2) is 29.1 Å². The maximum absolute atomic E-state index is 12.0. The van der Waals surface area contributed by atoms with Gasteiger partial charge in [-0.3, -0.25) is 4.79 Å². The number of nitrogens with zero attached hydrogens (tertiary/aromatic N) is 4. The molecule has 112 valence electrons. The van der Waals surface area contributed by atoms with Gasteiger partial charge in [0.25, 0.3) is 0 Å². The van der Waals surface area contributed by atoms with Crippen molar-refractivity contribution in [1.82, 2.24) is 9.71 Å². The maximum atomic E-state index is 12.0. The highest BCUT2D eigenvalue weighted by Crippen LogP contribution is 2.21. The number of aryl methyl sites for hydroxylation is 1. The topological polar surface area (TPSA) is 82.2 Å². The van der Waals surface area contributed by atoms with Gasteiger partial charge < -0.3 is 10.1 Å². The molecule has 0 saturated heterocycles. The van der Waals surface area contributed by atoms with E-state index in [4.69, 9.17) is 0 Å². The van der Waals surface area contributed by atoms with Crippen LogP contribution in [0.2, 0.25) is 0 Å². The number of rotatable bonds is 1. The van der Waals surface area contributed by atoms with E-state index in [1.54, 1.807) is 6.92 Å². The van der Waals surface area contributed by atoms with E-state index in [2.05, 4.69) is 17.1 Å². The quantitative estimate of drug-likeness (QED) is 0.801. The molecule has 0 saturated carbocycles. The molecule has 1 aromatic heterocycles. The van der Waals surface area contributed by atoms with Crippen molar-refractivity contribution >= 4 is 5.82 Å². The number of anilines is 1. The van der Waals surface area contributed by atoms with Gasteiger partial charge >= 0.3 is 5.56 Å². The van der Waals surface area contributed by atoms with Crippen molar-refractivity contribution < 1.29 is 5.21 Å². The maximum Gasteiger partial charge on any atom is 0.306 e. The van der Waals surface area contributed by atoms with Crippen molar-refractivity contribution in [2.75, 3.05) is 18.0 Å². The van der Waals surface area contributed by atoms with Crippen LogP contribution in [0.25, 0.3) is 0 Å². The number of fused-ring (bicyclic) bond motifs is 1. The Hall–Kier alpha value is -2.81. The van der Waals surface area contributed by atoms with Gasteiger partial charge in [-0.05, 0) is 30.9 Å². The zero-order chi connectivity index (χ0) is 15.7. The Bertz CT molecular complexity index is 793. The third kappa shape index (κ3) is 2.31. The van der Waals surface area contributed by atoms with Crippen LogP contribution in [-0.4, -0.2) is 28.0 Å². The highest BCUT2D eigenvalue weighted by molar-refractivity contribution is 5.53. The largest absolute Gasteiger partial charge is 0.424 e. The van der Waals surface area contributed by atoms with Crippen molar-refractivity contribution in [2.24, 2.45) is 0 Å². The second-order valence-electron chi connectivity index (χ2n) is 5.34. The molecule has 0 amide bonds. The number of nitriles is 1. The van der Waals surface area contributed by atoms with Crippen LogP contribution < -0.4 is 10.5 Å². The summed E-state index contributed by atoms with van der Waals surface area (Å²) >= 11 is 0. The summed E-state index contributed by atoms with van der Waals surface area (Å²) in [6, 6.07) is 10.1. The monoisotopic (exact) mass is 296 g/mol. The predicted octanol–water partition coefficient (Wildman–Crippen LogP) is 1.27. The average molecular weight is 296 g/mol. The average Bonchev–Trinajstić information content (AvgIpc) is 2.75. The Morgan fingerprint density at radius 1 is 1.23 bits per heavy atom. The zero-order valence-corrected chi connectivity index (χ0v) is 12.3. The fourth-order valence-corrected chi connectivity index (χ4v) is 2.81. The highest BCUT2D eigenvalue weighted by atomic mass is 16.5. The molecule has 3 rings (SSSR count). The van der Waals surface area contributed by atoms with Crippen LogP contribution in [0.5, 0.6) is 0 Å². The minimum absolute atomic E-state index is 0.112. The summed E-state index contributed by atoms with van der Waals surface area (Å²) in [5, 5.41) is 18.9. The molecular formula is C16H16N4O2. The molecule has 0 radical (unpaired) electrons. The first kappa shape index (κ1) is 14.1. The first-order valence-corrected chi connectivity index (χ1v) is 7.16. The summed E-state index contributed by atoms with van der Waals surface area (Å²) in [4.78, 5) is 18.2. The Morgan fingerprint density at radius 2 is 1.82 bits per heavy atom. The molecule has 0 spiro atoms. The van der Waals surface area contributed by atoms with Crippen LogP contribution in [0.4, 0.5) is 5.82 Å². The second kappa shape index (κ2) is 5.53. The molecule has 1 aliphatic heterocycles. The van der Waals surface area contributed by atoms with Crippen LogP contribution in [0.3, 0.4) is 0 Å². The van der Waals surface area contributed by atoms with E-state index in [0.29, 0.717) is 23.6 Å². The van der Waals surface area contributed by atoms with E-state index >= 15 is 0 Å². The van der Waals surface area contributed by atoms with E-state index in [9.17, 15) is 15.3 Å². The number of hydrogen-bond acceptors (Lipinski definition) is 5. The Morgan fingerprint density at radius 3 is 2.36 bits per heavy atom. The van der Waals surface area contributed by atoms with Gasteiger partial charge in [0, 0.05) is 13.1 Å². The number of hydrogen-bond donors (Lipinski definition) is 1. The van der Waals surface area contributed by atoms with Crippen molar-refractivity contribution in [3.63, 3.8) is 0 Å². The Labute approximate surface area is 127 Å². The highest BCUT2D eigenvalue weighted by Gasteiger charge is 2.21. The first-order chi connectivity index (χ1) is 10.6. The van der Waals surface area contributed by atoms with E-state index < -0.39 is 5.56 Å². The second-order valence-corrected chi connectivity index (χ2v) is 5.34. The molecule has 1 N–H and O–H groups in total. The third-order valence-electron chi connectivity index (χ3n) is 4.04. The molecule has 0 unspecified atom stereocenters. The van der Waals surface area contributed by atoms with Crippen molar-refractivity contribution in [1.29, 1.82) is 5.26 Å². The number of aromatic nitrogens is 2. The molecule has 2 heterocycles. The summed E-state index contributed by atoms with van der Waals surface area (Å²) in [6.07, 6.45) is 1.67. The predicted molar refractivity (Wildman–Crippen MR) is 81.2 cm³/mol. The van der Waals surface area contributed by atoms with Crippen molar-refractivity contribution in [2.45, 2.75) is 19.8 Å². The lowest BCUT2D eigenvalue weighted by Gasteiger charge is -2.22. The van der Waals surface area contributed by atoms with Gasteiger partial charge in [0.15, 0.2) is 11.4 Å². The lowest BCUT2D eigenvalue weighted by Crippen LogP contribution is -2.33. The van der Waals surface area contributed by atoms with E-state index in [-0.39, 0.29) is 11.4 Å².